The highest BCUT2D eigenvalue weighted by Gasteiger charge is 2.35. The Balaban J connectivity index is 2.99. The Kier molecular flexibility index (Phi) is 6.20. The average Bonchev–Trinajstić information content (AvgIpc) is 2.64. The summed E-state index contributed by atoms with van der Waals surface area (Å²) in [5.74, 6) is -0.239. The molecule has 1 unspecified atom stereocenters. The number of nitrogens with one attached hydrogen (secondary N) is 1. The van der Waals surface area contributed by atoms with Crippen molar-refractivity contribution in [3.05, 3.63) is 15.9 Å². The number of hydrogen-bond acceptors (Lipinski definition) is 4. The third-order valence-corrected chi connectivity index (χ3v) is 4.40. The highest BCUT2D eigenvalue weighted by molar-refractivity contribution is 9.10. The lowest BCUT2D eigenvalue weighted by Crippen LogP contribution is -2.54. The van der Waals surface area contributed by atoms with Crippen molar-refractivity contribution >= 4 is 21.9 Å². The molecule has 1 aromatic rings. The van der Waals surface area contributed by atoms with Gasteiger partial charge in [-0.3, -0.25) is 4.68 Å². The predicted molar refractivity (Wildman–Crippen MR) is 82.7 cm³/mol. The van der Waals surface area contributed by atoms with Gasteiger partial charge in [0.05, 0.1) is 23.3 Å². The lowest BCUT2D eigenvalue weighted by Gasteiger charge is -2.28. The van der Waals surface area contributed by atoms with E-state index < -0.39 is 5.54 Å². The second-order valence-electron chi connectivity index (χ2n) is 5.12. The molecule has 1 heterocycles. The van der Waals surface area contributed by atoms with E-state index in [0.29, 0.717) is 13.2 Å². The van der Waals surface area contributed by atoms with Crippen LogP contribution in [0.15, 0.2) is 4.47 Å². The second-order valence-corrected chi connectivity index (χ2v) is 5.91. The third kappa shape index (κ3) is 3.82. The molecule has 1 aromatic heterocycles. The van der Waals surface area contributed by atoms with Crippen LogP contribution in [-0.2, 0) is 16.1 Å². The highest BCUT2D eigenvalue weighted by Crippen LogP contribution is 2.22. The van der Waals surface area contributed by atoms with Gasteiger partial charge in [-0.05, 0) is 56.6 Å². The molecular formula is C14H24BrN3O2. The first kappa shape index (κ1) is 17.2. The van der Waals surface area contributed by atoms with Crippen LogP contribution in [0.1, 0.15) is 38.6 Å². The van der Waals surface area contributed by atoms with Gasteiger partial charge in [-0.1, -0.05) is 6.92 Å². The molecule has 1 rings (SSSR count). The van der Waals surface area contributed by atoms with Crippen molar-refractivity contribution in [3.63, 3.8) is 0 Å². The molecule has 114 valence electrons. The molecule has 0 saturated carbocycles. The molecule has 0 aliphatic carbocycles. The minimum Gasteiger partial charge on any atom is -0.465 e. The molecule has 0 radical (unpaired) electrons. The number of nitrogens with zero attached hydrogens (tertiary/aromatic N) is 2. The summed E-state index contributed by atoms with van der Waals surface area (Å²) in [6, 6.07) is 0. The zero-order valence-electron chi connectivity index (χ0n) is 12.9. The number of halogens is 1. The Morgan fingerprint density at radius 3 is 2.55 bits per heavy atom. The number of ether oxygens (including phenoxy) is 1. The van der Waals surface area contributed by atoms with E-state index in [2.05, 4.69) is 33.3 Å². The molecule has 0 fully saturated rings. The fourth-order valence-electron chi connectivity index (χ4n) is 2.01. The van der Waals surface area contributed by atoms with Crippen molar-refractivity contribution in [2.24, 2.45) is 0 Å². The molecule has 0 amide bonds. The van der Waals surface area contributed by atoms with Gasteiger partial charge in [-0.2, -0.15) is 5.10 Å². The number of carbonyl (C=O) groups excluding carboxylic acids is 1. The monoisotopic (exact) mass is 345 g/mol. The van der Waals surface area contributed by atoms with E-state index in [1.807, 2.05) is 32.4 Å². The van der Waals surface area contributed by atoms with Crippen molar-refractivity contribution in [2.45, 2.75) is 53.1 Å². The zero-order valence-corrected chi connectivity index (χ0v) is 14.5. The molecule has 0 aliphatic heterocycles. The average molecular weight is 346 g/mol. The number of aromatic nitrogens is 2. The highest BCUT2D eigenvalue weighted by atomic mass is 79.9. The Hall–Kier alpha value is -0.880. The van der Waals surface area contributed by atoms with Crippen molar-refractivity contribution in [2.75, 3.05) is 13.2 Å². The topological polar surface area (TPSA) is 56.2 Å². The van der Waals surface area contributed by atoms with E-state index in [1.165, 1.54) is 0 Å². The van der Waals surface area contributed by atoms with Crippen LogP contribution in [0.4, 0.5) is 0 Å². The zero-order chi connectivity index (χ0) is 15.3. The standard InChI is InChI=1S/C14H24BrN3O2/c1-6-8-16-14(5,13(19)20-7-2)9-18-11(4)12(15)10(3)17-18/h16H,6-9H2,1-5H3. The van der Waals surface area contributed by atoms with E-state index in [9.17, 15) is 4.79 Å². The molecule has 6 heteroatoms. The third-order valence-electron chi connectivity index (χ3n) is 3.25. The van der Waals surface area contributed by atoms with Crippen LogP contribution in [0, 0.1) is 13.8 Å². The van der Waals surface area contributed by atoms with Crippen LogP contribution in [-0.4, -0.2) is 34.4 Å². The van der Waals surface area contributed by atoms with Crippen LogP contribution >= 0.6 is 15.9 Å². The minimum absolute atomic E-state index is 0.239. The number of rotatable bonds is 7. The molecule has 20 heavy (non-hydrogen) atoms. The first-order chi connectivity index (χ1) is 9.35. The molecule has 1 N–H and O–H groups in total. The van der Waals surface area contributed by atoms with Crippen LogP contribution in [0.2, 0.25) is 0 Å². The molecule has 1 atom stereocenters. The van der Waals surface area contributed by atoms with E-state index in [4.69, 9.17) is 4.74 Å². The van der Waals surface area contributed by atoms with E-state index in [0.717, 1.165) is 28.8 Å². The Morgan fingerprint density at radius 2 is 2.10 bits per heavy atom. The maximum atomic E-state index is 12.2. The van der Waals surface area contributed by atoms with E-state index in [1.54, 1.807) is 0 Å². The van der Waals surface area contributed by atoms with Crippen molar-refractivity contribution < 1.29 is 9.53 Å². The molecule has 0 saturated heterocycles. The smallest absolute Gasteiger partial charge is 0.327 e. The fourth-order valence-corrected chi connectivity index (χ4v) is 2.30. The number of hydrogen-bond donors (Lipinski definition) is 1. The first-order valence-corrected chi connectivity index (χ1v) is 7.76. The van der Waals surface area contributed by atoms with Gasteiger partial charge in [0.25, 0.3) is 0 Å². The van der Waals surface area contributed by atoms with Gasteiger partial charge in [-0.15, -0.1) is 0 Å². The molecule has 0 aliphatic rings. The predicted octanol–water partition coefficient (Wildman–Crippen LogP) is 2.58. The number of esters is 1. The van der Waals surface area contributed by atoms with Crippen LogP contribution < -0.4 is 5.32 Å². The van der Waals surface area contributed by atoms with Gasteiger partial charge >= 0.3 is 5.97 Å². The van der Waals surface area contributed by atoms with E-state index in [-0.39, 0.29) is 5.97 Å². The SMILES string of the molecule is CCCNC(C)(Cn1nc(C)c(Br)c1C)C(=O)OCC. The van der Waals surface area contributed by atoms with Gasteiger partial charge in [0.1, 0.15) is 5.54 Å². The number of aryl methyl sites for hydroxylation is 1. The maximum Gasteiger partial charge on any atom is 0.327 e. The Morgan fingerprint density at radius 1 is 1.45 bits per heavy atom. The summed E-state index contributed by atoms with van der Waals surface area (Å²) in [5, 5.41) is 7.75. The van der Waals surface area contributed by atoms with E-state index >= 15 is 0 Å². The summed E-state index contributed by atoms with van der Waals surface area (Å²) in [6.07, 6.45) is 0.954. The van der Waals surface area contributed by atoms with Gasteiger partial charge < -0.3 is 10.1 Å². The Labute approximate surface area is 129 Å². The molecule has 0 aromatic carbocycles. The quantitative estimate of drug-likeness (QED) is 0.771. The summed E-state index contributed by atoms with van der Waals surface area (Å²) in [6.45, 7) is 11.3. The maximum absolute atomic E-state index is 12.2. The van der Waals surface area contributed by atoms with Crippen molar-refractivity contribution in [3.8, 4) is 0 Å². The molecule has 0 spiro atoms. The van der Waals surface area contributed by atoms with Crippen LogP contribution in [0.5, 0.6) is 0 Å². The van der Waals surface area contributed by atoms with Crippen LogP contribution in [0.3, 0.4) is 0 Å². The summed E-state index contributed by atoms with van der Waals surface area (Å²) in [5.41, 5.74) is 1.16. The lowest BCUT2D eigenvalue weighted by atomic mass is 10.0. The summed E-state index contributed by atoms with van der Waals surface area (Å²) in [7, 11) is 0. The number of carbonyl (C=O) groups is 1. The fraction of sp³-hybridized carbons (Fsp3) is 0.714. The first-order valence-electron chi connectivity index (χ1n) is 6.97. The van der Waals surface area contributed by atoms with Gasteiger partial charge in [0.15, 0.2) is 0 Å². The van der Waals surface area contributed by atoms with Crippen molar-refractivity contribution in [1.29, 1.82) is 0 Å². The Bertz CT molecular complexity index is 473. The molecule has 0 bridgehead atoms. The van der Waals surface area contributed by atoms with Gasteiger partial charge in [0.2, 0.25) is 0 Å². The normalized spacial score (nSPS) is 14.1. The summed E-state index contributed by atoms with van der Waals surface area (Å²) >= 11 is 3.51. The molecular weight excluding hydrogens is 322 g/mol. The second kappa shape index (κ2) is 7.22. The largest absolute Gasteiger partial charge is 0.465 e. The molecule has 5 nitrogen and oxygen atoms in total. The minimum atomic E-state index is -0.769. The summed E-state index contributed by atoms with van der Waals surface area (Å²) < 4.78 is 8.03. The van der Waals surface area contributed by atoms with Gasteiger partial charge in [-0.25, -0.2) is 4.79 Å². The van der Waals surface area contributed by atoms with Crippen LogP contribution in [0.25, 0.3) is 0 Å². The van der Waals surface area contributed by atoms with Gasteiger partial charge in [0, 0.05) is 5.69 Å². The summed E-state index contributed by atoms with van der Waals surface area (Å²) in [4.78, 5) is 12.2. The lowest BCUT2D eigenvalue weighted by molar-refractivity contribution is -0.151. The van der Waals surface area contributed by atoms with Crippen molar-refractivity contribution in [1.82, 2.24) is 15.1 Å².